The van der Waals surface area contributed by atoms with E-state index in [1.807, 2.05) is 182 Å². The van der Waals surface area contributed by atoms with Gasteiger partial charge in [-0.15, -0.1) is 0 Å². The molecule has 6 heteroatoms. The number of furan rings is 2. The minimum Gasteiger partial charge on any atom is -0.456 e. The molecule has 95 heavy (non-hydrogen) atoms. The van der Waals surface area contributed by atoms with E-state index in [9.17, 15) is 0 Å². The Balaban J connectivity index is 0.885. The highest BCUT2D eigenvalue weighted by Gasteiger charge is 2.37. The molecular weight excluding hydrogens is 1170 g/mol. The van der Waals surface area contributed by atoms with Crippen LogP contribution in [0.5, 0.6) is 0 Å². The summed E-state index contributed by atoms with van der Waals surface area (Å²) in [6.45, 7) is 4.64. The zero-order chi connectivity index (χ0) is 63.5. The molecule has 18 rings (SSSR count). The van der Waals surface area contributed by atoms with Crippen LogP contribution in [0.3, 0.4) is 0 Å². The molecule has 2 aromatic heterocycles. The van der Waals surface area contributed by atoms with Crippen molar-refractivity contribution in [2.24, 2.45) is 0 Å². The lowest BCUT2D eigenvalue weighted by Gasteiger charge is -2.38. The van der Waals surface area contributed by atoms with E-state index >= 15 is 8.78 Å². The van der Waals surface area contributed by atoms with Gasteiger partial charge in [0.25, 0.3) is 0 Å². The van der Waals surface area contributed by atoms with E-state index < -0.39 is 5.41 Å². The van der Waals surface area contributed by atoms with Gasteiger partial charge in [0.2, 0.25) is 0 Å². The van der Waals surface area contributed by atoms with Crippen molar-refractivity contribution in [2.45, 2.75) is 19.3 Å². The predicted octanol–water partition coefficient (Wildman–Crippen LogP) is 25.7. The fraction of sp³-hybridized carbons (Fsp3) is 0.0337. The van der Waals surface area contributed by atoms with E-state index in [-0.39, 0.29) is 11.6 Å². The molecule has 15 aromatic carbocycles. The molecule has 0 radical (unpaired) electrons. The molecule has 1 aliphatic carbocycles. The van der Waals surface area contributed by atoms with Crippen molar-refractivity contribution in [3.8, 4) is 66.8 Å². The van der Waals surface area contributed by atoms with Crippen molar-refractivity contribution in [3.05, 3.63) is 338 Å². The Hall–Kier alpha value is -12.1. The lowest BCUT2D eigenvalue weighted by atomic mass is 9.66. The molecule has 17 aromatic rings. The number of hydrogen-bond donors (Lipinski definition) is 0. The molecule has 0 atom stereocenters. The van der Waals surface area contributed by atoms with Gasteiger partial charge in [-0.25, -0.2) is 8.78 Å². The van der Waals surface area contributed by atoms with Crippen LogP contribution in [0.2, 0.25) is 0 Å². The first kappa shape index (κ1) is 55.7. The van der Waals surface area contributed by atoms with E-state index in [2.05, 4.69) is 157 Å². The molecule has 0 bridgehead atoms. The number of fused-ring (bicyclic) bond motifs is 10. The normalized spacial score (nSPS) is 12.5. The van der Waals surface area contributed by atoms with Crippen molar-refractivity contribution in [3.63, 3.8) is 0 Å². The number of anilines is 6. The highest BCUT2D eigenvalue weighted by molar-refractivity contribution is 6.25. The third-order valence-corrected chi connectivity index (χ3v) is 19.5. The summed E-state index contributed by atoms with van der Waals surface area (Å²) in [6, 6.07) is 107. The molecule has 2 heterocycles. The largest absolute Gasteiger partial charge is 0.456 e. The van der Waals surface area contributed by atoms with Crippen LogP contribution in [0.4, 0.5) is 42.9 Å². The standard InChI is InChI=1S/C89H58F2N2O2/c1-89(2)76-36-22-35-68-73-51-62(92(63-41-45-82-74(52-63)66-33-18-20-37-80(66)94-82)78-49-60(55-23-8-3-9-24-55)47-71(87(78)90)57-27-12-5-13-28-57)39-43-69(73)84(59-31-16-7-17-32-59)86(85(68)76)70-44-40-65(54-77(70)89)93(64-42-46-83-75(53-64)67-34-19-21-38-81(67)95-83)79-50-61(56-25-10-4-11-26-56)48-72(88(79)91)58-29-14-6-15-30-58/h3-54H,1-2H3. The van der Waals surface area contributed by atoms with E-state index in [1.54, 1.807) is 0 Å². The Morgan fingerprint density at radius 2 is 0.663 bits per heavy atom. The van der Waals surface area contributed by atoms with Crippen LogP contribution in [0.15, 0.2) is 324 Å². The third kappa shape index (κ3) is 9.08. The van der Waals surface area contributed by atoms with Gasteiger partial charge in [0.05, 0.1) is 11.4 Å². The maximum absolute atomic E-state index is 18.5. The fourth-order valence-electron chi connectivity index (χ4n) is 15.0. The first-order valence-electron chi connectivity index (χ1n) is 32.2. The molecule has 0 unspecified atom stereocenters. The maximum Gasteiger partial charge on any atom is 0.155 e. The van der Waals surface area contributed by atoms with E-state index in [0.717, 1.165) is 155 Å². The number of nitrogens with zero attached hydrogens (tertiary/aromatic N) is 2. The fourth-order valence-corrected chi connectivity index (χ4v) is 15.0. The first-order chi connectivity index (χ1) is 46.7. The van der Waals surface area contributed by atoms with Crippen molar-refractivity contribution >= 4 is 99.5 Å². The molecule has 0 aliphatic heterocycles. The van der Waals surface area contributed by atoms with Crippen LogP contribution in [0, 0.1) is 11.6 Å². The summed E-state index contributed by atoms with van der Waals surface area (Å²) in [4.78, 5) is 4.19. The summed E-state index contributed by atoms with van der Waals surface area (Å²) in [5.41, 5.74) is 19.3. The van der Waals surface area contributed by atoms with Gasteiger partial charge < -0.3 is 18.6 Å². The second kappa shape index (κ2) is 22.0. The van der Waals surface area contributed by atoms with Crippen LogP contribution >= 0.6 is 0 Å². The SMILES string of the molecule is CC1(C)c2cc(N(c3ccc4oc5ccccc5c4c3)c3cc(-c4ccccc4)cc(-c4ccccc4)c3F)ccc2-c2c(-c3ccccc3)c3ccc(N(c4ccc5oc6ccccc6c5c4)c4cc(-c5ccccc5)cc(-c5ccccc5)c4F)cc3c3cccc1c23. The van der Waals surface area contributed by atoms with Crippen molar-refractivity contribution in [1.82, 2.24) is 0 Å². The number of rotatable bonds is 11. The molecular formula is C89H58F2N2O2. The van der Waals surface area contributed by atoms with Crippen molar-refractivity contribution in [1.29, 1.82) is 0 Å². The zero-order valence-corrected chi connectivity index (χ0v) is 52.0. The Morgan fingerprint density at radius 1 is 0.263 bits per heavy atom. The quantitative estimate of drug-likeness (QED) is 0.121. The molecule has 4 nitrogen and oxygen atoms in total. The molecule has 0 amide bonds. The first-order valence-corrected chi connectivity index (χ1v) is 32.2. The van der Waals surface area contributed by atoms with Crippen LogP contribution < -0.4 is 9.80 Å². The van der Waals surface area contributed by atoms with Gasteiger partial charge in [-0.1, -0.05) is 232 Å². The van der Waals surface area contributed by atoms with Crippen LogP contribution in [0.1, 0.15) is 25.0 Å². The van der Waals surface area contributed by atoms with E-state index in [1.165, 1.54) is 0 Å². The van der Waals surface area contributed by atoms with Gasteiger partial charge in [-0.3, -0.25) is 0 Å². The average molecular weight is 1230 g/mol. The topological polar surface area (TPSA) is 32.8 Å². The summed E-state index contributed by atoms with van der Waals surface area (Å²) in [7, 11) is 0. The average Bonchev–Trinajstić information content (AvgIpc) is 1.33. The maximum atomic E-state index is 18.5. The molecule has 0 saturated carbocycles. The summed E-state index contributed by atoms with van der Waals surface area (Å²) in [5.74, 6) is -0.681. The van der Waals surface area contributed by atoms with Crippen molar-refractivity contribution in [2.75, 3.05) is 9.80 Å². The zero-order valence-electron chi connectivity index (χ0n) is 52.0. The van der Waals surface area contributed by atoms with Gasteiger partial charge in [0.15, 0.2) is 11.6 Å². The molecule has 1 aliphatic rings. The van der Waals surface area contributed by atoms with Gasteiger partial charge >= 0.3 is 0 Å². The minimum absolute atomic E-state index is 0.338. The van der Waals surface area contributed by atoms with Gasteiger partial charge in [-0.2, -0.15) is 0 Å². The Bertz CT molecular complexity index is 5900. The summed E-state index contributed by atoms with van der Waals surface area (Å²) >= 11 is 0. The number of hydrogen-bond acceptors (Lipinski definition) is 4. The molecule has 0 spiro atoms. The predicted molar refractivity (Wildman–Crippen MR) is 390 cm³/mol. The summed E-state index contributed by atoms with van der Waals surface area (Å²) in [6.07, 6.45) is 0. The molecule has 0 saturated heterocycles. The highest BCUT2D eigenvalue weighted by Crippen LogP contribution is 2.57. The molecule has 0 N–H and O–H groups in total. The Labute approximate surface area is 548 Å². The third-order valence-electron chi connectivity index (χ3n) is 19.5. The Kier molecular flexibility index (Phi) is 12.9. The summed E-state index contributed by atoms with van der Waals surface area (Å²) < 4.78 is 49.9. The van der Waals surface area contributed by atoms with Crippen molar-refractivity contribution < 1.29 is 17.6 Å². The molecule has 0 fully saturated rings. The van der Waals surface area contributed by atoms with Crippen LogP contribution in [-0.4, -0.2) is 0 Å². The van der Waals surface area contributed by atoms with Crippen LogP contribution in [-0.2, 0) is 5.41 Å². The minimum atomic E-state index is -0.600. The molecule has 450 valence electrons. The smallest absolute Gasteiger partial charge is 0.155 e. The van der Waals surface area contributed by atoms with E-state index in [0.29, 0.717) is 22.5 Å². The van der Waals surface area contributed by atoms with Gasteiger partial charge in [0, 0.05) is 60.8 Å². The highest BCUT2D eigenvalue weighted by atomic mass is 19.1. The number of para-hydroxylation sites is 2. The van der Waals surface area contributed by atoms with E-state index in [4.69, 9.17) is 8.83 Å². The lowest BCUT2D eigenvalue weighted by molar-refractivity contribution is 0.632. The second-order valence-corrected chi connectivity index (χ2v) is 25.3. The van der Waals surface area contributed by atoms with Gasteiger partial charge in [0.1, 0.15) is 22.3 Å². The second-order valence-electron chi connectivity index (χ2n) is 25.3. The van der Waals surface area contributed by atoms with Crippen LogP contribution in [0.25, 0.3) is 132 Å². The number of halogens is 2. The monoisotopic (exact) mass is 1220 g/mol. The number of benzene rings is 15. The Morgan fingerprint density at radius 3 is 1.17 bits per heavy atom. The lowest BCUT2D eigenvalue weighted by Crippen LogP contribution is -2.25. The summed E-state index contributed by atoms with van der Waals surface area (Å²) in [5, 5.41) is 8.12. The van der Waals surface area contributed by atoms with Gasteiger partial charge in [-0.05, 0) is 185 Å².